The lowest BCUT2D eigenvalue weighted by atomic mass is 10.1. The summed E-state index contributed by atoms with van der Waals surface area (Å²) in [6.45, 7) is 7.26. The lowest BCUT2D eigenvalue weighted by Gasteiger charge is -2.12. The molecule has 106 valence electrons. The van der Waals surface area contributed by atoms with E-state index >= 15 is 0 Å². The summed E-state index contributed by atoms with van der Waals surface area (Å²) in [4.78, 5) is 0. The van der Waals surface area contributed by atoms with Gasteiger partial charge in [-0.15, -0.1) is 0 Å². The summed E-state index contributed by atoms with van der Waals surface area (Å²) in [5.74, 6) is 1.69. The number of anilines is 1. The first kappa shape index (κ1) is 14.3. The average Bonchev–Trinajstić information content (AvgIpc) is 2.40. The Morgan fingerprint density at radius 3 is 2.30 bits per heavy atom. The topological polar surface area (TPSA) is 44.5 Å². The van der Waals surface area contributed by atoms with Crippen molar-refractivity contribution in [1.82, 2.24) is 0 Å². The second-order valence-corrected chi connectivity index (χ2v) is 4.97. The van der Waals surface area contributed by atoms with Crippen molar-refractivity contribution in [2.45, 2.75) is 20.8 Å². The van der Waals surface area contributed by atoms with Crippen molar-refractivity contribution in [3.63, 3.8) is 0 Å². The minimum absolute atomic E-state index is 0.496. The molecule has 2 aromatic rings. The van der Waals surface area contributed by atoms with Gasteiger partial charge in [0.25, 0.3) is 0 Å². The molecule has 0 aliphatic rings. The number of hydrogen-bond acceptors (Lipinski definition) is 3. The third-order valence-electron chi connectivity index (χ3n) is 3.26. The Morgan fingerprint density at radius 2 is 1.55 bits per heavy atom. The molecule has 0 unspecified atom stereocenters. The van der Waals surface area contributed by atoms with Crippen LogP contribution in [-0.4, -0.2) is 13.2 Å². The second-order valence-electron chi connectivity index (χ2n) is 4.97. The summed E-state index contributed by atoms with van der Waals surface area (Å²) in [5, 5.41) is 0. The zero-order chi connectivity index (χ0) is 14.5. The van der Waals surface area contributed by atoms with Crippen LogP contribution < -0.4 is 15.2 Å². The largest absolute Gasteiger partial charge is 0.490 e. The SMILES string of the molecule is Cc1cc(C)c(OCCOc2cccc(N)c2)cc1C. The third kappa shape index (κ3) is 3.67. The first-order chi connectivity index (χ1) is 9.56. The highest BCUT2D eigenvalue weighted by atomic mass is 16.5. The molecule has 2 aromatic carbocycles. The highest BCUT2D eigenvalue weighted by molar-refractivity contribution is 5.43. The maximum Gasteiger partial charge on any atom is 0.122 e. The fourth-order valence-corrected chi connectivity index (χ4v) is 2.01. The lowest BCUT2D eigenvalue weighted by molar-refractivity contribution is 0.216. The van der Waals surface area contributed by atoms with Gasteiger partial charge in [0, 0.05) is 11.8 Å². The van der Waals surface area contributed by atoms with Gasteiger partial charge in [-0.3, -0.25) is 0 Å². The zero-order valence-electron chi connectivity index (χ0n) is 12.3. The van der Waals surface area contributed by atoms with Crippen LogP contribution in [0.15, 0.2) is 36.4 Å². The van der Waals surface area contributed by atoms with Gasteiger partial charge >= 0.3 is 0 Å². The van der Waals surface area contributed by atoms with Crippen molar-refractivity contribution in [3.8, 4) is 11.5 Å². The Kier molecular flexibility index (Phi) is 4.51. The van der Waals surface area contributed by atoms with Gasteiger partial charge in [-0.1, -0.05) is 12.1 Å². The Morgan fingerprint density at radius 1 is 0.850 bits per heavy atom. The highest BCUT2D eigenvalue weighted by Crippen LogP contribution is 2.22. The van der Waals surface area contributed by atoms with E-state index in [1.54, 1.807) is 6.07 Å². The predicted molar refractivity (Wildman–Crippen MR) is 82.5 cm³/mol. The van der Waals surface area contributed by atoms with E-state index in [1.807, 2.05) is 18.2 Å². The normalized spacial score (nSPS) is 10.3. The van der Waals surface area contributed by atoms with Crippen LogP contribution in [0.2, 0.25) is 0 Å². The molecule has 3 heteroatoms. The average molecular weight is 271 g/mol. The van der Waals surface area contributed by atoms with Crippen LogP contribution >= 0.6 is 0 Å². The number of rotatable bonds is 5. The number of aryl methyl sites for hydroxylation is 3. The number of benzene rings is 2. The molecule has 2 N–H and O–H groups in total. The molecule has 0 spiro atoms. The van der Waals surface area contributed by atoms with Crippen LogP contribution in [0.1, 0.15) is 16.7 Å². The van der Waals surface area contributed by atoms with Gasteiger partial charge in [0.15, 0.2) is 0 Å². The molecule has 0 aliphatic carbocycles. The van der Waals surface area contributed by atoms with E-state index in [9.17, 15) is 0 Å². The number of ether oxygens (including phenoxy) is 2. The summed E-state index contributed by atoms with van der Waals surface area (Å²) in [5.41, 5.74) is 10.1. The summed E-state index contributed by atoms with van der Waals surface area (Å²) in [7, 11) is 0. The Hall–Kier alpha value is -2.16. The minimum Gasteiger partial charge on any atom is -0.490 e. The van der Waals surface area contributed by atoms with Crippen LogP contribution in [-0.2, 0) is 0 Å². The first-order valence-electron chi connectivity index (χ1n) is 6.75. The van der Waals surface area contributed by atoms with E-state index in [0.717, 1.165) is 17.1 Å². The summed E-state index contributed by atoms with van der Waals surface area (Å²) in [6, 6.07) is 11.6. The standard InChI is InChI=1S/C17H21NO2/c1-12-9-14(3)17(10-13(12)2)20-8-7-19-16-6-4-5-15(18)11-16/h4-6,9-11H,7-8,18H2,1-3H3. The lowest BCUT2D eigenvalue weighted by Crippen LogP contribution is -2.10. The molecular formula is C17H21NO2. The van der Waals surface area contributed by atoms with Gasteiger partial charge in [0.1, 0.15) is 24.7 Å². The van der Waals surface area contributed by atoms with Gasteiger partial charge in [0.2, 0.25) is 0 Å². The predicted octanol–water partition coefficient (Wildman–Crippen LogP) is 3.65. The van der Waals surface area contributed by atoms with Crippen LogP contribution in [0, 0.1) is 20.8 Å². The molecule has 0 fully saturated rings. The van der Waals surface area contributed by atoms with E-state index in [2.05, 4.69) is 32.9 Å². The second kappa shape index (κ2) is 6.33. The molecule has 0 amide bonds. The molecule has 0 radical (unpaired) electrons. The van der Waals surface area contributed by atoms with E-state index in [-0.39, 0.29) is 0 Å². The quantitative estimate of drug-likeness (QED) is 0.667. The van der Waals surface area contributed by atoms with E-state index in [4.69, 9.17) is 15.2 Å². The molecule has 0 aromatic heterocycles. The molecule has 0 heterocycles. The number of nitrogens with two attached hydrogens (primary N) is 1. The van der Waals surface area contributed by atoms with Crippen LogP contribution in [0.5, 0.6) is 11.5 Å². The molecule has 0 saturated heterocycles. The molecule has 0 atom stereocenters. The van der Waals surface area contributed by atoms with Crippen molar-refractivity contribution in [2.24, 2.45) is 0 Å². The molecular weight excluding hydrogens is 250 g/mol. The van der Waals surface area contributed by atoms with Crippen LogP contribution in [0.25, 0.3) is 0 Å². The fraction of sp³-hybridized carbons (Fsp3) is 0.294. The van der Waals surface area contributed by atoms with Crippen molar-refractivity contribution >= 4 is 5.69 Å². The van der Waals surface area contributed by atoms with E-state index in [0.29, 0.717) is 18.9 Å². The molecule has 0 saturated carbocycles. The Labute approximate surface area is 120 Å². The van der Waals surface area contributed by atoms with Crippen molar-refractivity contribution < 1.29 is 9.47 Å². The maximum absolute atomic E-state index is 5.77. The number of nitrogen functional groups attached to an aromatic ring is 1. The molecule has 0 aliphatic heterocycles. The maximum atomic E-state index is 5.77. The fourth-order valence-electron chi connectivity index (χ4n) is 2.01. The molecule has 3 nitrogen and oxygen atoms in total. The van der Waals surface area contributed by atoms with Gasteiger partial charge in [-0.05, 0) is 55.7 Å². The smallest absolute Gasteiger partial charge is 0.122 e. The third-order valence-corrected chi connectivity index (χ3v) is 3.26. The van der Waals surface area contributed by atoms with Crippen LogP contribution in [0.3, 0.4) is 0 Å². The van der Waals surface area contributed by atoms with Crippen molar-refractivity contribution in [1.29, 1.82) is 0 Å². The number of hydrogen-bond donors (Lipinski definition) is 1. The Bertz CT molecular complexity index is 594. The highest BCUT2D eigenvalue weighted by Gasteiger charge is 2.03. The monoisotopic (exact) mass is 271 g/mol. The first-order valence-corrected chi connectivity index (χ1v) is 6.75. The Balaban J connectivity index is 1.86. The van der Waals surface area contributed by atoms with Crippen LogP contribution in [0.4, 0.5) is 5.69 Å². The summed E-state index contributed by atoms with van der Waals surface area (Å²) < 4.78 is 11.4. The van der Waals surface area contributed by atoms with E-state index in [1.165, 1.54) is 11.1 Å². The summed E-state index contributed by atoms with van der Waals surface area (Å²) >= 11 is 0. The van der Waals surface area contributed by atoms with Crippen molar-refractivity contribution in [2.75, 3.05) is 18.9 Å². The molecule has 2 rings (SSSR count). The molecule has 0 bridgehead atoms. The minimum atomic E-state index is 0.496. The van der Waals surface area contributed by atoms with Gasteiger partial charge in [-0.25, -0.2) is 0 Å². The van der Waals surface area contributed by atoms with E-state index < -0.39 is 0 Å². The van der Waals surface area contributed by atoms with Gasteiger partial charge in [0.05, 0.1) is 0 Å². The van der Waals surface area contributed by atoms with Gasteiger partial charge in [-0.2, -0.15) is 0 Å². The zero-order valence-corrected chi connectivity index (χ0v) is 12.3. The van der Waals surface area contributed by atoms with Gasteiger partial charge < -0.3 is 15.2 Å². The molecule has 20 heavy (non-hydrogen) atoms. The van der Waals surface area contributed by atoms with Crippen molar-refractivity contribution in [3.05, 3.63) is 53.1 Å². The summed E-state index contributed by atoms with van der Waals surface area (Å²) in [6.07, 6.45) is 0.